The van der Waals surface area contributed by atoms with Crippen LogP contribution in [0.1, 0.15) is 26.7 Å². The van der Waals surface area contributed by atoms with Gasteiger partial charge in [0, 0.05) is 6.54 Å². The SMILES string of the molecule is CCC(CC)C(O)CNS(=O)(=O)c1cc(F)ccc1F. The van der Waals surface area contributed by atoms with Crippen LogP contribution in [0, 0.1) is 17.6 Å². The van der Waals surface area contributed by atoms with E-state index in [2.05, 4.69) is 4.72 Å². The predicted octanol–water partition coefficient (Wildman–Crippen LogP) is 2.04. The molecule has 0 radical (unpaired) electrons. The molecular formula is C13H19F2NO3S. The van der Waals surface area contributed by atoms with Gasteiger partial charge in [0.2, 0.25) is 10.0 Å². The average Bonchev–Trinajstić information content (AvgIpc) is 2.40. The summed E-state index contributed by atoms with van der Waals surface area (Å²) < 4.78 is 52.3. The monoisotopic (exact) mass is 307 g/mol. The minimum Gasteiger partial charge on any atom is -0.391 e. The van der Waals surface area contributed by atoms with Crippen LogP contribution in [0.4, 0.5) is 8.78 Å². The summed E-state index contributed by atoms with van der Waals surface area (Å²) in [5.74, 6) is -1.92. The number of hydrogen-bond donors (Lipinski definition) is 2. The molecule has 7 heteroatoms. The quantitative estimate of drug-likeness (QED) is 0.810. The highest BCUT2D eigenvalue weighted by Crippen LogP contribution is 2.17. The van der Waals surface area contributed by atoms with E-state index in [1.165, 1.54) is 0 Å². The lowest BCUT2D eigenvalue weighted by molar-refractivity contribution is 0.107. The maximum atomic E-state index is 13.4. The third kappa shape index (κ3) is 4.22. The smallest absolute Gasteiger partial charge is 0.243 e. The summed E-state index contributed by atoms with van der Waals surface area (Å²) in [4.78, 5) is -0.755. The van der Waals surface area contributed by atoms with Gasteiger partial charge >= 0.3 is 0 Å². The van der Waals surface area contributed by atoms with E-state index in [-0.39, 0.29) is 12.5 Å². The lowest BCUT2D eigenvalue weighted by atomic mass is 9.97. The van der Waals surface area contributed by atoms with Gasteiger partial charge in [0.25, 0.3) is 0 Å². The van der Waals surface area contributed by atoms with Crippen molar-refractivity contribution in [3.8, 4) is 0 Å². The Labute approximate surface area is 117 Å². The fourth-order valence-electron chi connectivity index (χ4n) is 1.96. The molecule has 0 bridgehead atoms. The van der Waals surface area contributed by atoms with Gasteiger partial charge in [-0.05, 0) is 24.1 Å². The van der Waals surface area contributed by atoms with Gasteiger partial charge < -0.3 is 5.11 Å². The van der Waals surface area contributed by atoms with Crippen LogP contribution in [0.2, 0.25) is 0 Å². The summed E-state index contributed by atoms with van der Waals surface area (Å²) in [6, 6.07) is 2.20. The Morgan fingerprint density at radius 2 is 1.85 bits per heavy atom. The zero-order valence-corrected chi connectivity index (χ0v) is 12.3. The highest BCUT2D eigenvalue weighted by Gasteiger charge is 2.23. The molecule has 20 heavy (non-hydrogen) atoms. The van der Waals surface area contributed by atoms with Gasteiger partial charge in [-0.2, -0.15) is 0 Å². The molecule has 0 aromatic heterocycles. The average molecular weight is 307 g/mol. The fourth-order valence-corrected chi connectivity index (χ4v) is 3.09. The van der Waals surface area contributed by atoms with E-state index >= 15 is 0 Å². The Bertz CT molecular complexity index is 545. The van der Waals surface area contributed by atoms with Crippen molar-refractivity contribution in [2.45, 2.75) is 37.7 Å². The van der Waals surface area contributed by atoms with Gasteiger partial charge in [-0.3, -0.25) is 0 Å². The standard InChI is InChI=1S/C13H19F2NO3S/c1-3-9(4-2)12(17)8-16-20(18,19)13-7-10(14)5-6-11(13)15/h5-7,9,12,16-17H,3-4,8H2,1-2H3. The number of benzene rings is 1. The topological polar surface area (TPSA) is 66.4 Å². The largest absolute Gasteiger partial charge is 0.391 e. The third-order valence-corrected chi connectivity index (χ3v) is 4.70. The van der Waals surface area contributed by atoms with Crippen LogP contribution in [0.5, 0.6) is 0 Å². The van der Waals surface area contributed by atoms with Crippen LogP contribution in [-0.4, -0.2) is 26.2 Å². The molecule has 1 rings (SSSR count). The Morgan fingerprint density at radius 3 is 2.40 bits per heavy atom. The summed E-state index contributed by atoms with van der Waals surface area (Å²) in [7, 11) is -4.18. The van der Waals surface area contributed by atoms with Gasteiger partial charge in [-0.25, -0.2) is 21.9 Å². The Balaban J connectivity index is 2.83. The molecule has 0 amide bonds. The zero-order chi connectivity index (χ0) is 15.3. The first-order valence-electron chi connectivity index (χ1n) is 6.44. The molecule has 0 saturated carbocycles. The van der Waals surface area contributed by atoms with Crippen molar-refractivity contribution in [3.05, 3.63) is 29.8 Å². The van der Waals surface area contributed by atoms with E-state index < -0.39 is 32.7 Å². The van der Waals surface area contributed by atoms with Crippen molar-refractivity contribution in [2.24, 2.45) is 5.92 Å². The molecule has 1 aromatic rings. The Morgan fingerprint density at radius 1 is 1.25 bits per heavy atom. The Kier molecular flexibility index (Phi) is 6.04. The van der Waals surface area contributed by atoms with Gasteiger partial charge in [0.05, 0.1) is 6.10 Å². The molecule has 1 unspecified atom stereocenters. The number of rotatable bonds is 7. The number of halogens is 2. The summed E-state index contributed by atoms with van der Waals surface area (Å²) >= 11 is 0. The lowest BCUT2D eigenvalue weighted by Gasteiger charge is -2.20. The van der Waals surface area contributed by atoms with E-state index in [1.807, 2.05) is 13.8 Å². The lowest BCUT2D eigenvalue weighted by Crippen LogP contribution is -2.36. The molecular weight excluding hydrogens is 288 g/mol. The van der Waals surface area contributed by atoms with E-state index in [0.717, 1.165) is 12.1 Å². The van der Waals surface area contributed by atoms with Crippen molar-refractivity contribution >= 4 is 10.0 Å². The molecule has 1 aromatic carbocycles. The van der Waals surface area contributed by atoms with Crippen molar-refractivity contribution in [1.82, 2.24) is 4.72 Å². The van der Waals surface area contributed by atoms with E-state index in [1.54, 1.807) is 0 Å². The predicted molar refractivity (Wildman–Crippen MR) is 71.6 cm³/mol. The van der Waals surface area contributed by atoms with E-state index in [9.17, 15) is 22.3 Å². The van der Waals surface area contributed by atoms with Crippen LogP contribution in [0.3, 0.4) is 0 Å². The highest BCUT2D eigenvalue weighted by atomic mass is 32.2. The summed E-state index contributed by atoms with van der Waals surface area (Å²) in [6.45, 7) is 3.54. The molecule has 0 spiro atoms. The minimum absolute atomic E-state index is 0.0462. The second-order valence-electron chi connectivity index (χ2n) is 4.57. The second-order valence-corrected chi connectivity index (χ2v) is 6.31. The molecule has 0 fully saturated rings. The first-order valence-corrected chi connectivity index (χ1v) is 7.92. The summed E-state index contributed by atoms with van der Waals surface area (Å²) in [5, 5.41) is 9.85. The van der Waals surface area contributed by atoms with Gasteiger partial charge in [0.15, 0.2) is 0 Å². The fraction of sp³-hybridized carbons (Fsp3) is 0.538. The van der Waals surface area contributed by atoms with Crippen LogP contribution < -0.4 is 4.72 Å². The molecule has 0 aliphatic heterocycles. The van der Waals surface area contributed by atoms with Crippen molar-refractivity contribution in [2.75, 3.05) is 6.54 Å². The van der Waals surface area contributed by atoms with Gasteiger partial charge in [0.1, 0.15) is 16.5 Å². The van der Waals surface area contributed by atoms with Crippen molar-refractivity contribution in [1.29, 1.82) is 0 Å². The van der Waals surface area contributed by atoms with Crippen LogP contribution in [0.15, 0.2) is 23.1 Å². The first-order chi connectivity index (χ1) is 9.31. The number of sulfonamides is 1. The molecule has 114 valence electrons. The number of hydrogen-bond acceptors (Lipinski definition) is 3. The highest BCUT2D eigenvalue weighted by molar-refractivity contribution is 7.89. The van der Waals surface area contributed by atoms with Crippen molar-refractivity contribution in [3.63, 3.8) is 0 Å². The first kappa shape index (κ1) is 17.0. The third-order valence-electron chi connectivity index (χ3n) is 3.26. The molecule has 0 heterocycles. The summed E-state index contributed by atoms with van der Waals surface area (Å²) in [6.07, 6.45) is 0.540. The molecule has 1 atom stereocenters. The van der Waals surface area contributed by atoms with Crippen LogP contribution in [-0.2, 0) is 10.0 Å². The van der Waals surface area contributed by atoms with Gasteiger partial charge in [-0.1, -0.05) is 26.7 Å². The number of nitrogens with one attached hydrogen (secondary N) is 1. The van der Waals surface area contributed by atoms with Crippen LogP contribution >= 0.6 is 0 Å². The van der Waals surface area contributed by atoms with Crippen molar-refractivity contribution < 1.29 is 22.3 Å². The molecule has 0 aliphatic rings. The van der Waals surface area contributed by atoms with Gasteiger partial charge in [-0.15, -0.1) is 0 Å². The zero-order valence-electron chi connectivity index (χ0n) is 11.4. The molecule has 4 nitrogen and oxygen atoms in total. The molecule has 0 saturated heterocycles. The maximum absolute atomic E-state index is 13.4. The number of aliphatic hydroxyl groups is 1. The maximum Gasteiger partial charge on any atom is 0.243 e. The second kappa shape index (κ2) is 7.10. The molecule has 2 N–H and O–H groups in total. The summed E-state index contributed by atoms with van der Waals surface area (Å²) in [5.41, 5.74) is 0. The minimum atomic E-state index is -4.18. The number of aliphatic hydroxyl groups excluding tert-OH is 1. The normalized spacial score (nSPS) is 13.7. The Hall–Kier alpha value is -1.05. The van der Waals surface area contributed by atoms with Crippen LogP contribution in [0.25, 0.3) is 0 Å². The van der Waals surface area contributed by atoms with E-state index in [0.29, 0.717) is 18.9 Å². The van der Waals surface area contributed by atoms with E-state index in [4.69, 9.17) is 0 Å². The molecule has 0 aliphatic carbocycles.